The first-order chi connectivity index (χ1) is 23.1. The van der Waals surface area contributed by atoms with Crippen LogP contribution in [0.5, 0.6) is 0 Å². The summed E-state index contributed by atoms with van der Waals surface area (Å²) in [6.07, 6.45) is 23.7. The van der Waals surface area contributed by atoms with E-state index in [9.17, 15) is 0 Å². The van der Waals surface area contributed by atoms with Gasteiger partial charge in [-0.15, -0.1) is 0 Å². The van der Waals surface area contributed by atoms with Gasteiger partial charge in [0.1, 0.15) is 0 Å². The van der Waals surface area contributed by atoms with Crippen LogP contribution in [0.3, 0.4) is 0 Å². The SMILES string of the molecule is CC1(C)c2cc(C3=CC=C4c5ccccc5C5=CC=CC3C54)ccc2-c2ccc(C3=CC=C4c5ccccc5C5=CC=CC3C54)cc21. The number of hydrogen-bond acceptors (Lipinski definition) is 0. The van der Waals surface area contributed by atoms with Gasteiger partial charge in [-0.3, -0.25) is 0 Å². The third kappa shape index (κ3) is 3.28. The molecule has 4 atom stereocenters. The molecule has 0 fully saturated rings. The molecule has 0 saturated heterocycles. The van der Waals surface area contributed by atoms with Crippen molar-refractivity contribution in [2.24, 2.45) is 23.7 Å². The van der Waals surface area contributed by atoms with E-state index in [1.807, 2.05) is 0 Å². The second-order valence-electron chi connectivity index (χ2n) is 14.7. The topological polar surface area (TPSA) is 0 Å². The summed E-state index contributed by atoms with van der Waals surface area (Å²) in [4.78, 5) is 0. The van der Waals surface area contributed by atoms with E-state index < -0.39 is 0 Å². The fraction of sp³-hybridized carbons (Fsp3) is 0.149. The third-order valence-electron chi connectivity index (χ3n) is 12.3. The average molecular weight is 599 g/mol. The Morgan fingerprint density at radius 1 is 0.404 bits per heavy atom. The zero-order valence-corrected chi connectivity index (χ0v) is 26.7. The van der Waals surface area contributed by atoms with E-state index in [4.69, 9.17) is 0 Å². The van der Waals surface area contributed by atoms with Crippen LogP contribution in [-0.2, 0) is 5.41 Å². The Bertz CT molecular complexity index is 2220. The van der Waals surface area contributed by atoms with Crippen LogP contribution in [0.2, 0.25) is 0 Å². The second kappa shape index (κ2) is 8.99. The number of fused-ring (bicyclic) bond motifs is 9. The summed E-state index contributed by atoms with van der Waals surface area (Å²) in [7, 11) is 0. The number of rotatable bonds is 2. The van der Waals surface area contributed by atoms with E-state index in [2.05, 4.69) is 160 Å². The summed E-state index contributed by atoms with van der Waals surface area (Å²) in [5, 5.41) is 0. The monoisotopic (exact) mass is 598 g/mol. The van der Waals surface area contributed by atoms with Crippen molar-refractivity contribution in [1.82, 2.24) is 0 Å². The Balaban J connectivity index is 0.977. The van der Waals surface area contributed by atoms with E-state index in [1.165, 1.54) is 89.1 Å². The lowest BCUT2D eigenvalue weighted by molar-refractivity contribution is 0.658. The van der Waals surface area contributed by atoms with Gasteiger partial charge in [0.2, 0.25) is 0 Å². The number of allylic oxidation sites excluding steroid dienone is 16. The van der Waals surface area contributed by atoms with Crippen molar-refractivity contribution in [2.45, 2.75) is 19.3 Å². The highest BCUT2D eigenvalue weighted by Gasteiger charge is 2.43. The van der Waals surface area contributed by atoms with Crippen molar-refractivity contribution >= 4 is 33.4 Å². The Morgan fingerprint density at radius 3 is 1.21 bits per heavy atom. The van der Waals surface area contributed by atoms with E-state index in [0.717, 1.165) is 0 Å². The highest BCUT2D eigenvalue weighted by molar-refractivity contribution is 6.02. The molecule has 0 spiro atoms. The van der Waals surface area contributed by atoms with E-state index in [-0.39, 0.29) is 5.41 Å². The van der Waals surface area contributed by atoms with Crippen LogP contribution in [0.25, 0.3) is 44.6 Å². The van der Waals surface area contributed by atoms with Crippen molar-refractivity contribution in [3.8, 4) is 11.1 Å². The highest BCUT2D eigenvalue weighted by atomic mass is 14.5. The van der Waals surface area contributed by atoms with Crippen molar-refractivity contribution in [3.05, 3.63) is 190 Å². The first kappa shape index (κ1) is 25.9. The van der Waals surface area contributed by atoms with Gasteiger partial charge in [0.25, 0.3) is 0 Å². The van der Waals surface area contributed by atoms with Crippen LogP contribution in [0.15, 0.2) is 146 Å². The average Bonchev–Trinajstić information content (AvgIpc) is 3.70. The van der Waals surface area contributed by atoms with Gasteiger partial charge < -0.3 is 0 Å². The Labute approximate surface area is 276 Å². The molecule has 0 N–H and O–H groups in total. The molecule has 0 heterocycles. The maximum atomic E-state index is 2.51. The summed E-state index contributed by atoms with van der Waals surface area (Å²) in [5.41, 5.74) is 22.7. The zero-order chi connectivity index (χ0) is 31.0. The quantitative estimate of drug-likeness (QED) is 0.215. The van der Waals surface area contributed by atoms with Gasteiger partial charge in [0.05, 0.1) is 0 Å². The van der Waals surface area contributed by atoms with Gasteiger partial charge in [-0.1, -0.05) is 147 Å². The van der Waals surface area contributed by atoms with Gasteiger partial charge >= 0.3 is 0 Å². The van der Waals surface area contributed by atoms with E-state index in [1.54, 1.807) is 0 Å². The normalized spacial score (nSPS) is 25.6. The van der Waals surface area contributed by atoms with Gasteiger partial charge in [-0.2, -0.15) is 0 Å². The van der Waals surface area contributed by atoms with Gasteiger partial charge in [0, 0.05) is 29.1 Å². The molecule has 4 aromatic carbocycles. The molecular formula is C47H34. The van der Waals surface area contributed by atoms with Crippen molar-refractivity contribution < 1.29 is 0 Å². The smallest absolute Gasteiger partial charge is 0.0205 e. The lowest BCUT2D eigenvalue weighted by atomic mass is 9.71. The first-order valence-electron chi connectivity index (χ1n) is 17.2. The fourth-order valence-corrected chi connectivity index (χ4v) is 10.1. The molecule has 0 aliphatic heterocycles. The molecule has 7 aliphatic rings. The Hall–Kier alpha value is -5.20. The maximum absolute atomic E-state index is 2.51. The predicted octanol–water partition coefficient (Wildman–Crippen LogP) is 11.4. The molecule has 11 rings (SSSR count). The summed E-state index contributed by atoms with van der Waals surface area (Å²) in [6, 6.07) is 32.5. The van der Waals surface area contributed by atoms with Crippen molar-refractivity contribution in [1.29, 1.82) is 0 Å². The fourth-order valence-electron chi connectivity index (χ4n) is 10.1. The molecule has 4 aromatic rings. The van der Waals surface area contributed by atoms with Crippen LogP contribution < -0.4 is 0 Å². The van der Waals surface area contributed by atoms with Crippen molar-refractivity contribution in [3.63, 3.8) is 0 Å². The minimum atomic E-state index is -0.0860. The van der Waals surface area contributed by atoms with Crippen LogP contribution in [-0.4, -0.2) is 0 Å². The summed E-state index contributed by atoms with van der Waals surface area (Å²) in [5.74, 6) is 1.54. The largest absolute Gasteiger partial charge is 0.0760 e. The van der Waals surface area contributed by atoms with Gasteiger partial charge in [-0.05, 0) is 101 Å². The Kier molecular flexibility index (Phi) is 4.96. The summed E-state index contributed by atoms with van der Waals surface area (Å²) >= 11 is 0. The number of benzene rings is 4. The standard InChI is InChI=1S/C47H34/c1-47(2)43-25-27(29-21-23-41-33-11-5-3-9-31(33)39-15-7-13-37(29)45(39)41)17-19-35(43)36-20-18-28(26-44(36)47)30-22-24-42-34-12-6-4-10-32(34)40-16-8-14-38(30)46(40)42/h3-26,37-38,45-46H,1-2H3. The molecule has 0 amide bonds. The summed E-state index contributed by atoms with van der Waals surface area (Å²) in [6.45, 7) is 4.85. The molecule has 4 unspecified atom stereocenters. The van der Waals surface area contributed by atoms with Crippen molar-refractivity contribution in [2.75, 3.05) is 0 Å². The lowest BCUT2D eigenvalue weighted by Crippen LogP contribution is -2.20. The van der Waals surface area contributed by atoms with Crippen LogP contribution in [0, 0.1) is 23.7 Å². The minimum absolute atomic E-state index is 0.0860. The maximum Gasteiger partial charge on any atom is 0.0205 e. The van der Waals surface area contributed by atoms with Gasteiger partial charge in [0.15, 0.2) is 0 Å². The predicted molar refractivity (Wildman–Crippen MR) is 197 cm³/mol. The third-order valence-corrected chi connectivity index (χ3v) is 12.3. The molecule has 0 nitrogen and oxygen atoms in total. The van der Waals surface area contributed by atoms with Crippen LogP contribution in [0.1, 0.15) is 58.4 Å². The molecule has 0 heteroatoms. The Morgan fingerprint density at radius 2 is 0.787 bits per heavy atom. The molecule has 7 aliphatic carbocycles. The van der Waals surface area contributed by atoms with E-state index >= 15 is 0 Å². The molecular weight excluding hydrogens is 565 g/mol. The number of hydrogen-bond donors (Lipinski definition) is 0. The lowest BCUT2D eigenvalue weighted by Gasteiger charge is -2.32. The highest BCUT2D eigenvalue weighted by Crippen LogP contribution is 2.58. The molecule has 0 saturated carbocycles. The molecule has 222 valence electrons. The van der Waals surface area contributed by atoms with Gasteiger partial charge in [-0.25, -0.2) is 0 Å². The first-order valence-corrected chi connectivity index (χ1v) is 17.2. The molecule has 47 heavy (non-hydrogen) atoms. The van der Waals surface area contributed by atoms with Crippen LogP contribution in [0.4, 0.5) is 0 Å². The summed E-state index contributed by atoms with van der Waals surface area (Å²) < 4.78 is 0. The van der Waals surface area contributed by atoms with E-state index in [0.29, 0.717) is 23.7 Å². The molecule has 0 radical (unpaired) electrons. The molecule has 0 aromatic heterocycles. The zero-order valence-electron chi connectivity index (χ0n) is 26.7. The second-order valence-corrected chi connectivity index (χ2v) is 14.7. The minimum Gasteiger partial charge on any atom is -0.0760 e. The van der Waals surface area contributed by atoms with Crippen LogP contribution >= 0.6 is 0 Å². The molecule has 0 bridgehead atoms.